The lowest BCUT2D eigenvalue weighted by atomic mass is 10.3. The Balaban J connectivity index is 0.00000484. The standard InChI is InChI=1S/C16H26FN3OS.HI/c1-3-18-16(20-11-13-22-2)19-10-4-5-12-21-15-8-6-14(17)7-9-15;/h6-9H,3-5,10-13H2,1-2H3,(H2,18,19,20);1H. The number of thioether (sulfide) groups is 1. The fraction of sp³-hybridized carbons (Fsp3) is 0.562. The third kappa shape index (κ3) is 11.5. The molecule has 0 saturated heterocycles. The molecule has 0 radical (unpaired) electrons. The number of hydrogen-bond acceptors (Lipinski definition) is 3. The number of nitrogens with one attached hydrogen (secondary N) is 2. The van der Waals surface area contributed by atoms with Gasteiger partial charge in [-0.05, 0) is 50.3 Å². The zero-order chi connectivity index (χ0) is 16.0. The topological polar surface area (TPSA) is 45.7 Å². The first-order chi connectivity index (χ1) is 10.8. The number of halogens is 2. The van der Waals surface area contributed by atoms with Crippen LogP contribution in [0.2, 0.25) is 0 Å². The summed E-state index contributed by atoms with van der Waals surface area (Å²) < 4.78 is 18.3. The minimum absolute atomic E-state index is 0. The Morgan fingerprint density at radius 1 is 1.22 bits per heavy atom. The van der Waals surface area contributed by atoms with Crippen molar-refractivity contribution in [2.45, 2.75) is 19.8 Å². The van der Waals surface area contributed by atoms with E-state index in [4.69, 9.17) is 4.74 Å². The number of unbranched alkanes of at least 4 members (excludes halogenated alkanes) is 1. The van der Waals surface area contributed by atoms with Crippen LogP contribution in [-0.2, 0) is 0 Å². The summed E-state index contributed by atoms with van der Waals surface area (Å²) in [6, 6.07) is 6.10. The second-order valence-corrected chi connectivity index (χ2v) is 5.68. The first kappa shape index (κ1) is 22.3. The fourth-order valence-corrected chi connectivity index (χ4v) is 2.04. The maximum atomic E-state index is 12.7. The van der Waals surface area contributed by atoms with Crippen LogP contribution in [0.3, 0.4) is 0 Å². The molecule has 0 saturated carbocycles. The molecule has 0 aliphatic rings. The van der Waals surface area contributed by atoms with Gasteiger partial charge in [-0.2, -0.15) is 11.8 Å². The number of hydrogen-bond donors (Lipinski definition) is 2. The maximum absolute atomic E-state index is 12.7. The average Bonchev–Trinajstić information content (AvgIpc) is 2.52. The highest BCUT2D eigenvalue weighted by molar-refractivity contribution is 14.0. The molecule has 132 valence electrons. The molecule has 7 heteroatoms. The van der Waals surface area contributed by atoms with Crippen LogP contribution in [0.15, 0.2) is 29.3 Å². The zero-order valence-corrected chi connectivity index (χ0v) is 17.0. The van der Waals surface area contributed by atoms with Crippen LogP contribution in [0.5, 0.6) is 5.75 Å². The Morgan fingerprint density at radius 3 is 2.61 bits per heavy atom. The Morgan fingerprint density at radius 2 is 1.96 bits per heavy atom. The Bertz CT molecular complexity index is 432. The largest absolute Gasteiger partial charge is 0.494 e. The van der Waals surface area contributed by atoms with Gasteiger partial charge in [0.15, 0.2) is 5.96 Å². The molecule has 0 atom stereocenters. The van der Waals surface area contributed by atoms with Crippen LogP contribution in [-0.4, -0.2) is 44.2 Å². The van der Waals surface area contributed by atoms with E-state index in [2.05, 4.69) is 28.8 Å². The van der Waals surface area contributed by atoms with Crippen LogP contribution < -0.4 is 15.4 Å². The van der Waals surface area contributed by atoms with Gasteiger partial charge in [0.25, 0.3) is 0 Å². The van der Waals surface area contributed by atoms with Crippen molar-refractivity contribution in [3.8, 4) is 5.75 Å². The van der Waals surface area contributed by atoms with Gasteiger partial charge in [-0.3, -0.25) is 4.99 Å². The van der Waals surface area contributed by atoms with Gasteiger partial charge in [0, 0.05) is 25.4 Å². The summed E-state index contributed by atoms with van der Waals surface area (Å²) in [6.45, 7) is 5.22. The van der Waals surface area contributed by atoms with E-state index in [1.54, 1.807) is 12.1 Å². The average molecular weight is 455 g/mol. The number of guanidine groups is 1. The molecule has 0 aromatic heterocycles. The van der Waals surface area contributed by atoms with Gasteiger partial charge in [0.2, 0.25) is 0 Å². The number of benzene rings is 1. The molecular formula is C16H27FIN3OS. The van der Waals surface area contributed by atoms with Gasteiger partial charge < -0.3 is 15.4 Å². The molecule has 2 N–H and O–H groups in total. The predicted octanol–water partition coefficient (Wildman–Crippen LogP) is 3.52. The first-order valence-corrected chi connectivity index (χ1v) is 9.05. The van der Waals surface area contributed by atoms with Crippen molar-refractivity contribution in [1.29, 1.82) is 0 Å². The molecular weight excluding hydrogens is 428 g/mol. The third-order valence-corrected chi connectivity index (χ3v) is 3.46. The van der Waals surface area contributed by atoms with Crippen molar-refractivity contribution in [3.63, 3.8) is 0 Å². The van der Waals surface area contributed by atoms with Crippen LogP contribution in [0.1, 0.15) is 19.8 Å². The van der Waals surface area contributed by atoms with Gasteiger partial charge in [-0.1, -0.05) is 0 Å². The number of nitrogens with zero attached hydrogens (tertiary/aromatic N) is 1. The van der Waals surface area contributed by atoms with Crippen LogP contribution >= 0.6 is 35.7 Å². The summed E-state index contributed by atoms with van der Waals surface area (Å²) in [5.74, 6) is 2.40. The first-order valence-electron chi connectivity index (χ1n) is 7.65. The lowest BCUT2D eigenvalue weighted by molar-refractivity contribution is 0.307. The van der Waals surface area contributed by atoms with Crippen molar-refractivity contribution in [2.75, 3.05) is 38.2 Å². The molecule has 1 rings (SSSR count). The second kappa shape index (κ2) is 14.9. The summed E-state index contributed by atoms with van der Waals surface area (Å²) in [4.78, 5) is 4.52. The summed E-state index contributed by atoms with van der Waals surface area (Å²) >= 11 is 1.81. The van der Waals surface area contributed by atoms with Gasteiger partial charge in [0.1, 0.15) is 11.6 Å². The number of ether oxygens (including phenoxy) is 1. The number of aliphatic imine (C=N–C) groups is 1. The summed E-state index contributed by atoms with van der Waals surface area (Å²) in [6.07, 6.45) is 3.97. The SMILES string of the molecule is CCNC(=NCCCCOc1ccc(F)cc1)NCCSC.I. The molecule has 1 aromatic rings. The minimum atomic E-state index is -0.244. The smallest absolute Gasteiger partial charge is 0.191 e. The van der Waals surface area contributed by atoms with Crippen LogP contribution in [0, 0.1) is 5.82 Å². The van der Waals surface area contributed by atoms with Crippen molar-refractivity contribution in [1.82, 2.24) is 10.6 Å². The van der Waals surface area contributed by atoms with Crippen molar-refractivity contribution in [2.24, 2.45) is 4.99 Å². The Hall–Kier alpha value is -0.700. The molecule has 23 heavy (non-hydrogen) atoms. The molecule has 1 aromatic carbocycles. The molecule has 0 aliphatic heterocycles. The highest BCUT2D eigenvalue weighted by Crippen LogP contribution is 2.11. The molecule has 4 nitrogen and oxygen atoms in total. The van der Waals surface area contributed by atoms with E-state index in [0.29, 0.717) is 12.4 Å². The minimum Gasteiger partial charge on any atom is -0.494 e. The molecule has 0 amide bonds. The molecule has 0 unspecified atom stereocenters. The molecule has 0 aliphatic carbocycles. The van der Waals surface area contributed by atoms with E-state index < -0.39 is 0 Å². The number of rotatable bonds is 10. The Kier molecular flexibility index (Phi) is 14.4. The summed E-state index contributed by atoms with van der Waals surface area (Å²) in [7, 11) is 0. The van der Waals surface area contributed by atoms with E-state index in [9.17, 15) is 4.39 Å². The predicted molar refractivity (Wildman–Crippen MR) is 109 cm³/mol. The van der Waals surface area contributed by atoms with E-state index in [0.717, 1.165) is 44.2 Å². The zero-order valence-electron chi connectivity index (χ0n) is 13.8. The maximum Gasteiger partial charge on any atom is 0.191 e. The normalized spacial score (nSPS) is 10.8. The second-order valence-electron chi connectivity index (χ2n) is 4.69. The van der Waals surface area contributed by atoms with Gasteiger partial charge in [-0.25, -0.2) is 4.39 Å². The highest BCUT2D eigenvalue weighted by Gasteiger charge is 1.97. The van der Waals surface area contributed by atoms with Crippen molar-refractivity contribution >= 4 is 41.7 Å². The Labute approximate surface area is 160 Å². The molecule has 0 bridgehead atoms. The van der Waals surface area contributed by atoms with E-state index in [1.807, 2.05) is 11.8 Å². The summed E-state index contributed by atoms with van der Waals surface area (Å²) in [5, 5.41) is 6.52. The van der Waals surface area contributed by atoms with Crippen LogP contribution in [0.25, 0.3) is 0 Å². The van der Waals surface area contributed by atoms with E-state index >= 15 is 0 Å². The molecule has 0 spiro atoms. The van der Waals surface area contributed by atoms with E-state index in [1.165, 1.54) is 12.1 Å². The lowest BCUT2D eigenvalue weighted by Crippen LogP contribution is -2.38. The summed E-state index contributed by atoms with van der Waals surface area (Å²) in [5.41, 5.74) is 0. The molecule has 0 heterocycles. The lowest BCUT2D eigenvalue weighted by Gasteiger charge is -2.10. The van der Waals surface area contributed by atoms with Crippen molar-refractivity contribution in [3.05, 3.63) is 30.1 Å². The highest BCUT2D eigenvalue weighted by atomic mass is 127. The molecule has 0 fully saturated rings. The third-order valence-electron chi connectivity index (χ3n) is 2.85. The van der Waals surface area contributed by atoms with Gasteiger partial charge >= 0.3 is 0 Å². The van der Waals surface area contributed by atoms with Crippen LogP contribution in [0.4, 0.5) is 4.39 Å². The van der Waals surface area contributed by atoms with Crippen molar-refractivity contribution < 1.29 is 9.13 Å². The fourth-order valence-electron chi connectivity index (χ4n) is 1.74. The monoisotopic (exact) mass is 455 g/mol. The van der Waals surface area contributed by atoms with Gasteiger partial charge in [-0.15, -0.1) is 24.0 Å². The van der Waals surface area contributed by atoms with Gasteiger partial charge in [0.05, 0.1) is 6.61 Å². The van der Waals surface area contributed by atoms with E-state index in [-0.39, 0.29) is 29.8 Å². The quantitative estimate of drug-likeness (QED) is 0.245.